The molecule has 4 nitrogen and oxygen atoms in total. The minimum atomic E-state index is -2.59. The van der Waals surface area contributed by atoms with Crippen LogP contribution in [0.15, 0.2) is 24.7 Å². The van der Waals surface area contributed by atoms with Gasteiger partial charge in [0.15, 0.2) is 11.5 Å². The topological polar surface area (TPSA) is 56.2 Å². The third-order valence-electron chi connectivity index (χ3n) is 3.14. The van der Waals surface area contributed by atoms with Crippen molar-refractivity contribution in [1.82, 2.24) is 14.4 Å². The normalized spacial score (nSPS) is 18.9. The van der Waals surface area contributed by atoms with Gasteiger partial charge in [-0.2, -0.15) is 0 Å². The summed E-state index contributed by atoms with van der Waals surface area (Å²) in [4.78, 5) is 8.29. The highest BCUT2D eigenvalue weighted by Crippen LogP contribution is 2.35. The van der Waals surface area contributed by atoms with Gasteiger partial charge in [0, 0.05) is 31.4 Å². The number of rotatable bonds is 1. The van der Waals surface area contributed by atoms with E-state index in [1.807, 2.05) is 0 Å². The molecule has 0 atom stereocenters. The quantitative estimate of drug-likeness (QED) is 0.846. The van der Waals surface area contributed by atoms with Crippen molar-refractivity contribution < 1.29 is 8.78 Å². The van der Waals surface area contributed by atoms with E-state index in [0.717, 1.165) is 5.57 Å². The molecule has 6 heteroatoms. The van der Waals surface area contributed by atoms with Crippen LogP contribution in [0.25, 0.3) is 11.2 Å². The largest absolute Gasteiger partial charge is 0.381 e. The van der Waals surface area contributed by atoms with E-state index in [2.05, 4.69) is 9.97 Å². The van der Waals surface area contributed by atoms with Crippen LogP contribution in [0.1, 0.15) is 25.0 Å². The van der Waals surface area contributed by atoms with Gasteiger partial charge in [-0.25, -0.2) is 18.7 Å². The summed E-state index contributed by atoms with van der Waals surface area (Å²) in [6.07, 6.45) is 6.66. The first-order chi connectivity index (χ1) is 8.55. The Bertz CT molecular complexity index is 630. The third-order valence-corrected chi connectivity index (χ3v) is 3.14. The first kappa shape index (κ1) is 11.1. The number of allylic oxidation sites excluding steroid dienone is 2. The van der Waals surface area contributed by atoms with Gasteiger partial charge in [-0.3, -0.25) is 0 Å². The number of halogens is 2. The molecule has 1 aliphatic carbocycles. The number of fused-ring (bicyclic) bond motifs is 1. The molecular formula is C12H12F2N4. The van der Waals surface area contributed by atoms with E-state index in [-0.39, 0.29) is 12.8 Å². The maximum Gasteiger partial charge on any atom is 0.251 e. The Morgan fingerprint density at radius 1 is 1.39 bits per heavy atom. The zero-order valence-corrected chi connectivity index (χ0v) is 9.61. The Kier molecular flexibility index (Phi) is 2.33. The summed E-state index contributed by atoms with van der Waals surface area (Å²) in [7, 11) is 0. The molecule has 0 aromatic carbocycles. The molecule has 0 amide bonds. The van der Waals surface area contributed by atoms with Gasteiger partial charge < -0.3 is 10.1 Å². The van der Waals surface area contributed by atoms with Crippen LogP contribution >= 0.6 is 0 Å². The Labute approximate surface area is 102 Å². The lowest BCUT2D eigenvalue weighted by Gasteiger charge is -2.21. The average Bonchev–Trinajstić information content (AvgIpc) is 2.77. The van der Waals surface area contributed by atoms with Crippen LogP contribution in [0.5, 0.6) is 0 Å². The summed E-state index contributed by atoms with van der Waals surface area (Å²) in [6, 6.07) is 0. The van der Waals surface area contributed by atoms with Crippen LogP contribution in [0.3, 0.4) is 0 Å². The molecule has 0 saturated carbocycles. The summed E-state index contributed by atoms with van der Waals surface area (Å²) < 4.78 is 27.9. The summed E-state index contributed by atoms with van der Waals surface area (Å²) >= 11 is 0. The number of nitrogen functional groups attached to an aromatic ring is 1. The lowest BCUT2D eigenvalue weighted by Crippen LogP contribution is -2.18. The highest BCUT2D eigenvalue weighted by atomic mass is 19.3. The zero-order valence-electron chi connectivity index (χ0n) is 9.61. The minimum Gasteiger partial charge on any atom is -0.381 e. The number of hydrogen-bond acceptors (Lipinski definition) is 3. The SMILES string of the molecule is Nc1nc(C2=CCC(F)(F)CC2)cn2ccnc12. The predicted molar refractivity (Wildman–Crippen MR) is 64.2 cm³/mol. The Balaban J connectivity index is 2.02. The maximum absolute atomic E-state index is 13.1. The zero-order chi connectivity index (χ0) is 12.8. The van der Waals surface area contributed by atoms with E-state index < -0.39 is 5.92 Å². The second-order valence-corrected chi connectivity index (χ2v) is 4.46. The van der Waals surface area contributed by atoms with Crippen molar-refractivity contribution in [2.45, 2.75) is 25.2 Å². The summed E-state index contributed by atoms with van der Waals surface area (Å²) in [5, 5.41) is 0. The van der Waals surface area contributed by atoms with Gasteiger partial charge in [0.25, 0.3) is 5.92 Å². The van der Waals surface area contributed by atoms with Gasteiger partial charge in [0.1, 0.15) is 0 Å². The number of hydrogen-bond donors (Lipinski definition) is 1. The first-order valence-corrected chi connectivity index (χ1v) is 5.72. The third kappa shape index (κ3) is 1.83. The van der Waals surface area contributed by atoms with E-state index >= 15 is 0 Å². The molecule has 18 heavy (non-hydrogen) atoms. The fourth-order valence-electron chi connectivity index (χ4n) is 2.14. The van der Waals surface area contributed by atoms with Crippen LogP contribution in [-0.2, 0) is 0 Å². The van der Waals surface area contributed by atoms with Crippen molar-refractivity contribution in [3.05, 3.63) is 30.4 Å². The van der Waals surface area contributed by atoms with E-state index in [9.17, 15) is 8.78 Å². The van der Waals surface area contributed by atoms with Crippen LogP contribution in [0.2, 0.25) is 0 Å². The van der Waals surface area contributed by atoms with Gasteiger partial charge in [0.05, 0.1) is 5.69 Å². The monoisotopic (exact) mass is 250 g/mol. The first-order valence-electron chi connectivity index (χ1n) is 5.72. The Hall–Kier alpha value is -1.98. The van der Waals surface area contributed by atoms with Gasteiger partial charge in [0.2, 0.25) is 0 Å². The van der Waals surface area contributed by atoms with Crippen molar-refractivity contribution in [3.8, 4) is 0 Å². The minimum absolute atomic E-state index is 0.137. The van der Waals surface area contributed by atoms with E-state index in [1.54, 1.807) is 29.1 Å². The highest BCUT2D eigenvalue weighted by Gasteiger charge is 2.31. The Morgan fingerprint density at radius 3 is 2.94 bits per heavy atom. The molecule has 0 aliphatic heterocycles. The fraction of sp³-hybridized carbons (Fsp3) is 0.333. The predicted octanol–water partition coefficient (Wildman–Crippen LogP) is 2.51. The lowest BCUT2D eigenvalue weighted by atomic mass is 9.94. The number of imidazole rings is 1. The van der Waals surface area contributed by atoms with Crippen LogP contribution in [0, 0.1) is 0 Å². The van der Waals surface area contributed by atoms with Crippen LogP contribution in [-0.4, -0.2) is 20.3 Å². The second kappa shape index (κ2) is 3.76. The highest BCUT2D eigenvalue weighted by molar-refractivity contribution is 5.68. The summed E-state index contributed by atoms with van der Waals surface area (Å²) in [6.45, 7) is 0. The fourth-order valence-corrected chi connectivity index (χ4v) is 2.14. The van der Waals surface area contributed by atoms with Gasteiger partial charge in [-0.05, 0) is 12.0 Å². The van der Waals surface area contributed by atoms with Crippen molar-refractivity contribution in [3.63, 3.8) is 0 Å². The molecule has 0 bridgehead atoms. The lowest BCUT2D eigenvalue weighted by molar-refractivity contribution is -0.00605. The molecule has 0 saturated heterocycles. The van der Waals surface area contributed by atoms with Crippen molar-refractivity contribution in [2.75, 3.05) is 5.73 Å². The number of anilines is 1. The number of nitrogens with two attached hydrogens (primary N) is 1. The van der Waals surface area contributed by atoms with E-state index in [0.29, 0.717) is 23.6 Å². The molecule has 3 rings (SSSR count). The number of nitrogens with zero attached hydrogens (tertiary/aromatic N) is 3. The maximum atomic E-state index is 13.1. The van der Waals surface area contributed by atoms with Crippen molar-refractivity contribution in [2.24, 2.45) is 0 Å². The summed E-state index contributed by atoms with van der Waals surface area (Å²) in [5.41, 5.74) is 7.84. The van der Waals surface area contributed by atoms with Gasteiger partial charge in [-0.1, -0.05) is 6.08 Å². The molecule has 0 radical (unpaired) electrons. The van der Waals surface area contributed by atoms with Gasteiger partial charge in [-0.15, -0.1) is 0 Å². The van der Waals surface area contributed by atoms with Crippen molar-refractivity contribution >= 4 is 17.0 Å². The Morgan fingerprint density at radius 2 is 2.22 bits per heavy atom. The number of alkyl halides is 2. The number of aromatic nitrogens is 3. The molecule has 1 aliphatic rings. The van der Waals surface area contributed by atoms with Crippen LogP contribution < -0.4 is 5.73 Å². The molecule has 0 fully saturated rings. The summed E-state index contributed by atoms with van der Waals surface area (Å²) in [5.74, 6) is -2.27. The standard InChI is InChI=1S/C12H12F2N4/c13-12(14)3-1-8(2-4-12)9-7-18-6-5-16-11(18)10(15)17-9/h1,5-7H,2-4H2,(H2,15,17). The molecular weight excluding hydrogens is 238 g/mol. The smallest absolute Gasteiger partial charge is 0.251 e. The van der Waals surface area contributed by atoms with Gasteiger partial charge >= 0.3 is 0 Å². The average molecular weight is 250 g/mol. The van der Waals surface area contributed by atoms with Crippen LogP contribution in [0.4, 0.5) is 14.6 Å². The molecule has 2 aromatic heterocycles. The second-order valence-electron chi connectivity index (χ2n) is 4.46. The van der Waals surface area contributed by atoms with E-state index in [1.165, 1.54) is 0 Å². The molecule has 2 N–H and O–H groups in total. The molecule has 2 heterocycles. The molecule has 0 spiro atoms. The van der Waals surface area contributed by atoms with Crippen molar-refractivity contribution in [1.29, 1.82) is 0 Å². The molecule has 2 aromatic rings. The molecule has 94 valence electrons. The van der Waals surface area contributed by atoms with E-state index in [4.69, 9.17) is 5.73 Å². The molecule has 0 unspecified atom stereocenters.